The molecule has 0 unspecified atom stereocenters. The molecule has 0 aromatic carbocycles. The normalized spacial score (nSPS) is 10.8. The fourth-order valence-electron chi connectivity index (χ4n) is 1.15. The number of nitrogens with zero attached hydrogens (tertiary/aromatic N) is 1. The van der Waals surface area contributed by atoms with Crippen LogP contribution >= 0.6 is 23.6 Å². The molecule has 0 amide bonds. The van der Waals surface area contributed by atoms with E-state index in [1.165, 1.54) is 11.3 Å². The van der Waals surface area contributed by atoms with Crippen LogP contribution in [0.3, 0.4) is 0 Å². The van der Waals surface area contributed by atoms with Crippen molar-refractivity contribution in [1.82, 2.24) is 9.66 Å². The Morgan fingerprint density at radius 1 is 1.69 bits per heavy atom. The molecule has 0 saturated carbocycles. The number of nitrogen functional groups attached to an aromatic ring is 1. The van der Waals surface area contributed by atoms with Gasteiger partial charge in [-0.2, -0.15) is 4.68 Å². The Balaban J connectivity index is 3.10. The number of aromatic amines is 1. The topological polar surface area (TPSA) is 63.8 Å². The van der Waals surface area contributed by atoms with Gasteiger partial charge >= 0.3 is 0 Å². The summed E-state index contributed by atoms with van der Waals surface area (Å²) in [4.78, 5) is 16.3. The molecule has 2 aromatic rings. The summed E-state index contributed by atoms with van der Waals surface area (Å²) in [6.45, 7) is 1.93. The van der Waals surface area contributed by atoms with Gasteiger partial charge in [-0.25, -0.2) is 0 Å². The number of aryl methyl sites for hydroxylation is 1. The molecular formula is C7H7N3OS2. The van der Waals surface area contributed by atoms with E-state index in [1.54, 1.807) is 6.07 Å². The van der Waals surface area contributed by atoms with Crippen LogP contribution in [0.25, 0.3) is 10.2 Å². The SMILES string of the molecule is Cc1cc2c(=O)n(N)c(=S)[nH]c2s1. The molecule has 3 N–H and O–H groups in total. The quantitative estimate of drug-likeness (QED) is 0.509. The number of hydrogen-bond acceptors (Lipinski definition) is 4. The largest absolute Gasteiger partial charge is 0.334 e. The maximum atomic E-state index is 11.5. The van der Waals surface area contributed by atoms with Crippen molar-refractivity contribution in [3.05, 3.63) is 26.1 Å². The highest BCUT2D eigenvalue weighted by atomic mass is 32.1. The molecule has 0 saturated heterocycles. The van der Waals surface area contributed by atoms with Gasteiger partial charge in [0.1, 0.15) is 4.83 Å². The van der Waals surface area contributed by atoms with Crippen LogP contribution in [0.5, 0.6) is 0 Å². The van der Waals surface area contributed by atoms with Crippen LogP contribution in [0, 0.1) is 11.7 Å². The Labute approximate surface area is 82.6 Å². The van der Waals surface area contributed by atoms with Crippen molar-refractivity contribution in [3.8, 4) is 0 Å². The first-order chi connectivity index (χ1) is 6.09. The molecule has 2 rings (SSSR count). The van der Waals surface area contributed by atoms with E-state index in [9.17, 15) is 4.79 Å². The predicted octanol–water partition coefficient (Wildman–Crippen LogP) is 1.14. The fraction of sp³-hybridized carbons (Fsp3) is 0.143. The average Bonchev–Trinajstić information content (AvgIpc) is 2.42. The first-order valence-electron chi connectivity index (χ1n) is 3.60. The van der Waals surface area contributed by atoms with Crippen LogP contribution < -0.4 is 11.4 Å². The third-order valence-corrected chi connectivity index (χ3v) is 3.01. The van der Waals surface area contributed by atoms with Crippen molar-refractivity contribution in [2.45, 2.75) is 6.92 Å². The van der Waals surface area contributed by atoms with Crippen molar-refractivity contribution < 1.29 is 0 Å². The Morgan fingerprint density at radius 3 is 3.08 bits per heavy atom. The number of thiophene rings is 1. The lowest BCUT2D eigenvalue weighted by Crippen LogP contribution is -2.28. The second-order valence-electron chi connectivity index (χ2n) is 2.71. The second-order valence-corrected chi connectivity index (χ2v) is 4.35. The maximum Gasteiger partial charge on any atom is 0.281 e. The van der Waals surface area contributed by atoms with Crippen molar-refractivity contribution >= 4 is 33.8 Å². The Morgan fingerprint density at radius 2 is 2.38 bits per heavy atom. The van der Waals surface area contributed by atoms with Crippen LogP contribution in [0.2, 0.25) is 0 Å². The van der Waals surface area contributed by atoms with Crippen LogP contribution in [0.4, 0.5) is 0 Å². The first kappa shape index (κ1) is 8.46. The van der Waals surface area contributed by atoms with Gasteiger partial charge in [-0.05, 0) is 25.2 Å². The molecule has 0 spiro atoms. The van der Waals surface area contributed by atoms with Crippen LogP contribution in [0.1, 0.15) is 4.88 Å². The number of nitrogens with two attached hydrogens (primary N) is 1. The van der Waals surface area contributed by atoms with E-state index in [-0.39, 0.29) is 10.3 Å². The number of H-pyrrole nitrogens is 1. The predicted molar refractivity (Wildman–Crippen MR) is 56.2 cm³/mol. The molecule has 0 radical (unpaired) electrons. The second kappa shape index (κ2) is 2.68. The van der Waals surface area contributed by atoms with E-state index in [2.05, 4.69) is 4.98 Å². The zero-order chi connectivity index (χ0) is 9.59. The monoisotopic (exact) mass is 213 g/mol. The summed E-state index contributed by atoms with van der Waals surface area (Å²) in [5.74, 6) is 5.43. The molecule has 0 atom stereocenters. The lowest BCUT2D eigenvalue weighted by atomic mass is 10.4. The van der Waals surface area contributed by atoms with Gasteiger partial charge in [-0.1, -0.05) is 0 Å². The Hall–Kier alpha value is -1.14. The van der Waals surface area contributed by atoms with Crippen molar-refractivity contribution in [2.75, 3.05) is 5.84 Å². The average molecular weight is 213 g/mol. The van der Waals surface area contributed by atoms with E-state index >= 15 is 0 Å². The third-order valence-electron chi connectivity index (χ3n) is 1.74. The minimum Gasteiger partial charge on any atom is -0.334 e. The highest BCUT2D eigenvalue weighted by molar-refractivity contribution is 7.71. The molecule has 0 bridgehead atoms. The van der Waals surface area contributed by atoms with Gasteiger partial charge in [0.15, 0.2) is 4.77 Å². The van der Waals surface area contributed by atoms with E-state index in [0.29, 0.717) is 5.39 Å². The minimum absolute atomic E-state index is 0.247. The number of nitrogens with one attached hydrogen (secondary N) is 1. The number of fused-ring (bicyclic) bond motifs is 1. The van der Waals surface area contributed by atoms with Gasteiger partial charge in [0.05, 0.1) is 5.39 Å². The minimum atomic E-state index is -0.247. The van der Waals surface area contributed by atoms with Gasteiger partial charge in [0.2, 0.25) is 0 Å². The highest BCUT2D eigenvalue weighted by Crippen LogP contribution is 2.19. The molecule has 2 heterocycles. The molecule has 2 aromatic heterocycles. The lowest BCUT2D eigenvalue weighted by molar-refractivity contribution is 0.895. The number of rotatable bonds is 0. The van der Waals surface area contributed by atoms with Crippen molar-refractivity contribution in [2.24, 2.45) is 0 Å². The van der Waals surface area contributed by atoms with Gasteiger partial charge in [-0.15, -0.1) is 11.3 Å². The van der Waals surface area contributed by atoms with Gasteiger partial charge in [0.25, 0.3) is 5.56 Å². The van der Waals surface area contributed by atoms with Crippen molar-refractivity contribution in [3.63, 3.8) is 0 Å². The van der Waals surface area contributed by atoms with E-state index in [1.807, 2.05) is 6.92 Å². The molecule has 0 fully saturated rings. The molecule has 13 heavy (non-hydrogen) atoms. The molecule has 6 heteroatoms. The summed E-state index contributed by atoms with van der Waals surface area (Å²) in [5.41, 5.74) is -0.247. The van der Waals surface area contributed by atoms with E-state index < -0.39 is 0 Å². The Bertz CT molecular complexity index is 577. The van der Waals surface area contributed by atoms with Gasteiger partial charge < -0.3 is 10.8 Å². The summed E-state index contributed by atoms with van der Waals surface area (Å²) in [5, 5.41) is 0.596. The maximum absolute atomic E-state index is 11.5. The molecule has 0 aliphatic carbocycles. The van der Waals surface area contributed by atoms with Gasteiger partial charge in [-0.3, -0.25) is 4.79 Å². The molecule has 0 aliphatic heterocycles. The number of aromatic nitrogens is 2. The van der Waals surface area contributed by atoms with Gasteiger partial charge in [0, 0.05) is 4.88 Å². The highest BCUT2D eigenvalue weighted by Gasteiger charge is 2.05. The molecule has 4 nitrogen and oxygen atoms in total. The van der Waals surface area contributed by atoms with Crippen LogP contribution in [-0.4, -0.2) is 9.66 Å². The molecule has 68 valence electrons. The summed E-state index contributed by atoms with van der Waals surface area (Å²) >= 11 is 6.36. The first-order valence-corrected chi connectivity index (χ1v) is 4.82. The fourth-order valence-corrected chi connectivity index (χ4v) is 2.30. The smallest absolute Gasteiger partial charge is 0.281 e. The zero-order valence-electron chi connectivity index (χ0n) is 6.83. The summed E-state index contributed by atoms with van der Waals surface area (Å²) < 4.78 is 1.20. The van der Waals surface area contributed by atoms with E-state index in [0.717, 1.165) is 14.4 Å². The summed E-state index contributed by atoms with van der Waals surface area (Å²) in [6.07, 6.45) is 0. The zero-order valence-corrected chi connectivity index (χ0v) is 8.46. The third kappa shape index (κ3) is 1.18. The lowest BCUT2D eigenvalue weighted by Gasteiger charge is -1.96. The van der Waals surface area contributed by atoms with Crippen LogP contribution in [0.15, 0.2) is 10.9 Å². The molecular weight excluding hydrogens is 206 g/mol. The summed E-state index contributed by atoms with van der Waals surface area (Å²) in [7, 11) is 0. The molecule has 0 aliphatic rings. The summed E-state index contributed by atoms with van der Waals surface area (Å²) in [6, 6.07) is 1.80. The van der Waals surface area contributed by atoms with Crippen LogP contribution in [-0.2, 0) is 0 Å². The van der Waals surface area contributed by atoms with E-state index in [4.69, 9.17) is 18.1 Å². The number of hydrogen-bond donors (Lipinski definition) is 2. The standard InChI is InChI=1S/C7H7N3OS2/c1-3-2-4-5(13-3)9-7(12)10(8)6(4)11/h2H,8H2,1H3,(H,9,12). The van der Waals surface area contributed by atoms with Crippen molar-refractivity contribution in [1.29, 1.82) is 0 Å². The Kier molecular flexibility index (Phi) is 1.74.